The molecule has 1 heteroatoms. The number of hydrogen-bond donors (Lipinski definition) is 0. The third kappa shape index (κ3) is 12.5. The second-order valence-electron chi connectivity index (χ2n) is 4.43. The third-order valence-corrected chi connectivity index (χ3v) is 5.37. The Morgan fingerprint density at radius 1 is 0.692 bits per heavy atom. The topological polar surface area (TPSA) is 0 Å². The fourth-order valence-corrected chi connectivity index (χ4v) is 3.62. The van der Waals surface area contributed by atoms with E-state index in [1.165, 1.54) is 51.4 Å². The molecule has 0 fully saturated rings. The maximum absolute atomic E-state index is 2.49. The number of rotatable bonds is 9. The first-order valence-electron chi connectivity index (χ1n) is 6.06. The van der Waals surface area contributed by atoms with Gasteiger partial charge in [-0.3, -0.25) is 0 Å². The fraction of sp³-hybridized carbons (Fsp3) is 1.00. The van der Waals surface area contributed by atoms with Crippen molar-refractivity contribution in [2.75, 3.05) is 0 Å². The first-order valence-corrected chi connectivity index (χ1v) is 11.7. The molecular weight excluding hydrogens is 217 g/mol. The van der Waals surface area contributed by atoms with Crippen LogP contribution in [0.5, 0.6) is 0 Å². The molecule has 0 bridgehead atoms. The SMILES string of the molecule is CCCCCCCCC[CH2][Ge]([CH3])[CH3]. The van der Waals surface area contributed by atoms with Gasteiger partial charge in [0.05, 0.1) is 0 Å². The molecule has 79 valence electrons. The van der Waals surface area contributed by atoms with Crippen molar-refractivity contribution in [1.29, 1.82) is 0 Å². The summed E-state index contributed by atoms with van der Waals surface area (Å²) in [5, 5.41) is 1.59. The summed E-state index contributed by atoms with van der Waals surface area (Å²) in [4.78, 5) is 0. The van der Waals surface area contributed by atoms with Crippen LogP contribution in [0.25, 0.3) is 0 Å². The molecule has 0 rings (SSSR count). The van der Waals surface area contributed by atoms with Crippen molar-refractivity contribution in [2.24, 2.45) is 0 Å². The second-order valence-corrected chi connectivity index (χ2v) is 10.5. The molecule has 1 radical (unpaired) electrons. The van der Waals surface area contributed by atoms with Gasteiger partial charge in [0.1, 0.15) is 0 Å². The van der Waals surface area contributed by atoms with E-state index in [-0.39, 0.29) is 0 Å². The Balaban J connectivity index is 2.84. The molecular formula is C12H27Ge. The van der Waals surface area contributed by atoms with Crippen molar-refractivity contribution in [3.8, 4) is 0 Å². The van der Waals surface area contributed by atoms with Crippen LogP contribution in [0.1, 0.15) is 58.3 Å². The van der Waals surface area contributed by atoms with Gasteiger partial charge >= 0.3 is 89.4 Å². The molecule has 0 aliphatic heterocycles. The Hall–Kier alpha value is 0.543. The average molecular weight is 244 g/mol. The molecule has 0 saturated carbocycles. The van der Waals surface area contributed by atoms with E-state index in [9.17, 15) is 0 Å². The summed E-state index contributed by atoms with van der Waals surface area (Å²) >= 11 is -0.469. The molecule has 0 aliphatic carbocycles. The van der Waals surface area contributed by atoms with Gasteiger partial charge in [-0.1, -0.05) is 0 Å². The summed E-state index contributed by atoms with van der Waals surface area (Å²) in [6.45, 7) is 2.29. The van der Waals surface area contributed by atoms with E-state index < -0.39 is 14.3 Å². The van der Waals surface area contributed by atoms with Crippen LogP contribution in [-0.4, -0.2) is 14.3 Å². The van der Waals surface area contributed by atoms with Gasteiger partial charge in [0.2, 0.25) is 0 Å². The Bertz CT molecular complexity index is 89.1. The van der Waals surface area contributed by atoms with Crippen LogP contribution in [0.15, 0.2) is 0 Å². The van der Waals surface area contributed by atoms with Crippen LogP contribution in [0.3, 0.4) is 0 Å². The number of unbranched alkanes of at least 4 members (excludes halogenated alkanes) is 7. The molecule has 0 aliphatic rings. The Kier molecular flexibility index (Phi) is 11.1. The molecule has 0 heterocycles. The second kappa shape index (κ2) is 10.6. The Morgan fingerprint density at radius 2 is 1.15 bits per heavy atom. The fourth-order valence-electron chi connectivity index (χ4n) is 1.61. The van der Waals surface area contributed by atoms with Gasteiger partial charge in [0, 0.05) is 0 Å². The Morgan fingerprint density at radius 3 is 1.62 bits per heavy atom. The summed E-state index contributed by atoms with van der Waals surface area (Å²) in [5.41, 5.74) is 0. The van der Waals surface area contributed by atoms with Gasteiger partial charge in [-0.05, 0) is 0 Å². The Labute approximate surface area is 89.6 Å². The summed E-state index contributed by atoms with van der Waals surface area (Å²) < 4.78 is 0. The molecule has 0 N–H and O–H groups in total. The summed E-state index contributed by atoms with van der Waals surface area (Å²) in [6.07, 6.45) is 11.8. The maximum atomic E-state index is 2.49. The van der Waals surface area contributed by atoms with E-state index in [2.05, 4.69) is 18.4 Å². The monoisotopic (exact) mass is 245 g/mol. The van der Waals surface area contributed by atoms with Crippen molar-refractivity contribution in [3.63, 3.8) is 0 Å². The summed E-state index contributed by atoms with van der Waals surface area (Å²) in [5.74, 6) is 4.97. The van der Waals surface area contributed by atoms with Gasteiger partial charge < -0.3 is 0 Å². The minimum absolute atomic E-state index is 0.469. The van der Waals surface area contributed by atoms with Crippen LogP contribution in [-0.2, 0) is 0 Å². The van der Waals surface area contributed by atoms with Crippen molar-refractivity contribution in [3.05, 3.63) is 0 Å². The van der Waals surface area contributed by atoms with Crippen molar-refractivity contribution < 1.29 is 0 Å². The van der Waals surface area contributed by atoms with E-state index in [4.69, 9.17) is 0 Å². The molecule has 0 aromatic rings. The normalized spacial score (nSPS) is 11.1. The zero-order chi connectivity index (χ0) is 9.94. The molecule has 0 unspecified atom stereocenters. The van der Waals surface area contributed by atoms with Crippen LogP contribution in [0, 0.1) is 0 Å². The average Bonchev–Trinajstić information content (AvgIpc) is 2.09. The molecule has 13 heavy (non-hydrogen) atoms. The first-order chi connectivity index (χ1) is 6.27. The van der Waals surface area contributed by atoms with Crippen molar-refractivity contribution >= 4 is 14.3 Å². The van der Waals surface area contributed by atoms with E-state index in [0.29, 0.717) is 0 Å². The molecule has 0 amide bonds. The van der Waals surface area contributed by atoms with Gasteiger partial charge in [0.15, 0.2) is 0 Å². The predicted octanol–water partition coefficient (Wildman–Crippen LogP) is 4.88. The van der Waals surface area contributed by atoms with E-state index >= 15 is 0 Å². The zero-order valence-corrected chi connectivity index (χ0v) is 12.0. The molecule has 0 spiro atoms. The van der Waals surface area contributed by atoms with Gasteiger partial charge in [-0.2, -0.15) is 0 Å². The van der Waals surface area contributed by atoms with Gasteiger partial charge in [-0.25, -0.2) is 0 Å². The van der Waals surface area contributed by atoms with E-state index in [1.807, 2.05) is 0 Å². The van der Waals surface area contributed by atoms with Crippen LogP contribution in [0.2, 0.25) is 16.8 Å². The van der Waals surface area contributed by atoms with Crippen molar-refractivity contribution in [1.82, 2.24) is 0 Å². The molecule has 0 aromatic heterocycles. The van der Waals surface area contributed by atoms with E-state index in [0.717, 1.165) is 0 Å². The molecule has 0 saturated heterocycles. The van der Waals surface area contributed by atoms with Crippen LogP contribution >= 0.6 is 0 Å². The van der Waals surface area contributed by atoms with Crippen LogP contribution in [0.4, 0.5) is 0 Å². The quantitative estimate of drug-likeness (QED) is 0.400. The van der Waals surface area contributed by atoms with E-state index in [1.54, 1.807) is 5.25 Å². The minimum atomic E-state index is -0.469. The first kappa shape index (κ1) is 13.5. The zero-order valence-electron chi connectivity index (χ0n) is 9.86. The summed E-state index contributed by atoms with van der Waals surface area (Å²) in [6, 6.07) is 0. The molecule has 0 aromatic carbocycles. The van der Waals surface area contributed by atoms with Gasteiger partial charge in [0.25, 0.3) is 0 Å². The molecule has 0 atom stereocenters. The predicted molar refractivity (Wildman–Crippen MR) is 64.9 cm³/mol. The standard InChI is InChI=1S/C12H27Ge/c1-4-5-6-7-8-9-10-11-12-13(2)3/h4-12H2,1-3H3. The third-order valence-electron chi connectivity index (χ3n) is 2.53. The van der Waals surface area contributed by atoms with Crippen molar-refractivity contribution in [2.45, 2.75) is 75.1 Å². The van der Waals surface area contributed by atoms with Crippen LogP contribution < -0.4 is 0 Å². The number of hydrogen-bond acceptors (Lipinski definition) is 0. The summed E-state index contributed by atoms with van der Waals surface area (Å²) in [7, 11) is 0. The van der Waals surface area contributed by atoms with Gasteiger partial charge in [-0.15, -0.1) is 0 Å². The molecule has 0 nitrogen and oxygen atoms in total.